The van der Waals surface area contributed by atoms with Crippen LogP contribution in [-0.4, -0.2) is 33.9 Å². The second-order valence-corrected chi connectivity index (χ2v) is 14.3. The number of ketones is 1. The number of Topliss-reactive ketones (excluding diaryl/α,β-unsaturated/α-hetero) is 1. The molecule has 1 aromatic rings. The molecule has 0 amide bonds. The van der Waals surface area contributed by atoms with Gasteiger partial charge in [-0.15, -0.1) is 0 Å². The number of H-pyrrole nitrogens is 1. The quantitative estimate of drug-likeness (QED) is 0.306. The molecule has 6 rings (SSSR count). The van der Waals surface area contributed by atoms with Crippen LogP contribution in [0.25, 0.3) is 6.08 Å². The lowest BCUT2D eigenvalue weighted by atomic mass is 9.45. The van der Waals surface area contributed by atoms with Crippen LogP contribution in [0, 0.1) is 67.0 Å². The van der Waals surface area contributed by atoms with Crippen LogP contribution >= 0.6 is 0 Å². The average Bonchev–Trinajstić information content (AvgIpc) is 3.84. The third kappa shape index (κ3) is 4.47. The van der Waals surface area contributed by atoms with Crippen LogP contribution < -0.4 is 0 Å². The topological polar surface area (TPSA) is 165 Å². The molecule has 0 radical (unpaired) electrons. The molecule has 9 heteroatoms. The molecule has 1 N–H and O–H groups in total. The van der Waals surface area contributed by atoms with E-state index in [2.05, 4.69) is 76.9 Å². The number of aromatic amines is 1. The molecule has 2 unspecified atom stereocenters. The Morgan fingerprint density at radius 2 is 1.45 bits per heavy atom. The van der Waals surface area contributed by atoms with E-state index in [1.165, 1.54) is 5.57 Å². The molecule has 5 aliphatic rings. The summed E-state index contributed by atoms with van der Waals surface area (Å²) >= 11 is 0. The molecule has 0 aromatic carbocycles. The van der Waals surface area contributed by atoms with Crippen LogP contribution in [0.4, 0.5) is 0 Å². The standard InChI is InChI=1S/C42H46N8O/c1-8-25-27(10-3)32-19-36-40(12-5,13-6)38(51)35(50-36)18-31-26(9-2)28(11-4)33(48-31)20-37-42(14-7)29(34(49-37)17-30(25)47-32)15-16-39(21-43,22-44)41(42,23-45)24-46/h15,19-20,32,48H,8-14,16-18H2,1-7H3. The number of hydrogen-bond acceptors (Lipinski definition) is 8. The van der Waals surface area contributed by atoms with E-state index < -0.39 is 21.7 Å². The van der Waals surface area contributed by atoms with Crippen LogP contribution in [0.15, 0.2) is 55.2 Å². The van der Waals surface area contributed by atoms with Gasteiger partial charge in [-0.1, -0.05) is 54.5 Å². The van der Waals surface area contributed by atoms with Crippen molar-refractivity contribution in [3.8, 4) is 24.3 Å². The van der Waals surface area contributed by atoms with Crippen molar-refractivity contribution in [2.45, 2.75) is 119 Å². The van der Waals surface area contributed by atoms with E-state index >= 15 is 0 Å². The Morgan fingerprint density at radius 3 is 2.00 bits per heavy atom. The Bertz CT molecular complexity index is 2090. The van der Waals surface area contributed by atoms with Crippen molar-refractivity contribution >= 4 is 29.0 Å². The molecule has 2 atom stereocenters. The van der Waals surface area contributed by atoms with Gasteiger partial charge in [-0.3, -0.25) is 19.8 Å². The molecule has 260 valence electrons. The summed E-state index contributed by atoms with van der Waals surface area (Å²) in [5.41, 5.74) is 4.38. The zero-order valence-electron chi connectivity index (χ0n) is 30.9. The summed E-state index contributed by atoms with van der Waals surface area (Å²) < 4.78 is 0. The molecule has 1 aliphatic carbocycles. The lowest BCUT2D eigenvalue weighted by Crippen LogP contribution is -2.54. The molecular weight excluding hydrogens is 633 g/mol. The van der Waals surface area contributed by atoms with Crippen molar-refractivity contribution in [3.05, 3.63) is 62.8 Å². The second-order valence-electron chi connectivity index (χ2n) is 14.3. The van der Waals surface area contributed by atoms with Gasteiger partial charge in [-0.05, 0) is 84.9 Å². The number of fused-ring (bicyclic) bond motifs is 8. The van der Waals surface area contributed by atoms with E-state index in [4.69, 9.17) is 15.0 Å². The summed E-state index contributed by atoms with van der Waals surface area (Å²) in [4.78, 5) is 33.8. The van der Waals surface area contributed by atoms with E-state index in [0.717, 1.165) is 64.3 Å². The largest absolute Gasteiger partial charge is 0.358 e. The third-order valence-corrected chi connectivity index (χ3v) is 12.7. The van der Waals surface area contributed by atoms with Crippen molar-refractivity contribution in [2.24, 2.45) is 36.6 Å². The first-order valence-electron chi connectivity index (χ1n) is 18.6. The summed E-state index contributed by atoms with van der Waals surface area (Å²) in [6.07, 6.45) is 11.1. The van der Waals surface area contributed by atoms with Gasteiger partial charge in [0, 0.05) is 36.4 Å². The van der Waals surface area contributed by atoms with Gasteiger partial charge < -0.3 is 4.98 Å². The minimum atomic E-state index is -2.04. The van der Waals surface area contributed by atoms with Gasteiger partial charge >= 0.3 is 0 Å². The van der Waals surface area contributed by atoms with Crippen LogP contribution in [0.1, 0.15) is 116 Å². The van der Waals surface area contributed by atoms with E-state index in [9.17, 15) is 25.8 Å². The number of carbonyl (C=O) groups excluding carboxylic acids is 1. The maximum absolute atomic E-state index is 14.4. The van der Waals surface area contributed by atoms with Gasteiger partial charge in [0.2, 0.25) is 0 Å². The molecule has 4 aliphatic heterocycles. The Kier molecular flexibility index (Phi) is 9.02. The number of carbonyl (C=O) groups is 1. The highest BCUT2D eigenvalue weighted by atomic mass is 16.1. The number of nitrogens with zero attached hydrogens (tertiary/aromatic N) is 7. The first-order valence-corrected chi connectivity index (χ1v) is 18.6. The molecule has 0 saturated heterocycles. The summed E-state index contributed by atoms with van der Waals surface area (Å²) in [6, 6.07) is 8.51. The molecule has 8 bridgehead atoms. The normalized spacial score (nSPS) is 25.2. The van der Waals surface area contributed by atoms with Crippen LogP contribution in [-0.2, 0) is 24.1 Å². The molecule has 0 fully saturated rings. The van der Waals surface area contributed by atoms with E-state index in [0.29, 0.717) is 49.2 Å². The fourth-order valence-electron chi connectivity index (χ4n) is 9.91. The Balaban J connectivity index is 1.72. The van der Waals surface area contributed by atoms with Crippen molar-refractivity contribution in [2.75, 3.05) is 0 Å². The van der Waals surface area contributed by atoms with Crippen LogP contribution in [0.5, 0.6) is 0 Å². The maximum atomic E-state index is 14.4. The van der Waals surface area contributed by atoms with Gasteiger partial charge in [0.1, 0.15) is 0 Å². The fraction of sp³-hybridized carbons (Fsp3) is 0.524. The van der Waals surface area contributed by atoms with E-state index in [-0.39, 0.29) is 24.7 Å². The van der Waals surface area contributed by atoms with Crippen molar-refractivity contribution in [1.29, 1.82) is 21.0 Å². The molecule has 0 saturated carbocycles. The first kappa shape index (κ1) is 35.7. The zero-order valence-corrected chi connectivity index (χ0v) is 30.9. The first-order chi connectivity index (χ1) is 24.6. The number of aliphatic imine (C=N–C) groups is 3. The van der Waals surface area contributed by atoms with Gasteiger partial charge in [-0.2, -0.15) is 21.0 Å². The Hall–Kier alpha value is -5.12. The highest BCUT2D eigenvalue weighted by molar-refractivity contribution is 6.45. The number of aromatic nitrogens is 1. The predicted octanol–water partition coefficient (Wildman–Crippen LogP) is 8.33. The van der Waals surface area contributed by atoms with Crippen molar-refractivity contribution < 1.29 is 4.79 Å². The van der Waals surface area contributed by atoms with Crippen molar-refractivity contribution in [1.82, 2.24) is 4.98 Å². The Labute approximate surface area is 301 Å². The number of nitrogens with one attached hydrogen (secondary N) is 1. The van der Waals surface area contributed by atoms with Crippen LogP contribution in [0.2, 0.25) is 0 Å². The van der Waals surface area contributed by atoms with Crippen LogP contribution in [0.3, 0.4) is 0 Å². The summed E-state index contributed by atoms with van der Waals surface area (Å²) in [6.45, 7) is 14.5. The van der Waals surface area contributed by atoms with E-state index in [1.807, 2.05) is 19.1 Å². The fourth-order valence-corrected chi connectivity index (χ4v) is 9.91. The summed E-state index contributed by atoms with van der Waals surface area (Å²) in [7, 11) is 0. The second kappa shape index (κ2) is 12.9. The maximum Gasteiger partial charge on any atom is 0.190 e. The molecule has 1 aromatic heterocycles. The van der Waals surface area contributed by atoms with Gasteiger partial charge in [0.15, 0.2) is 16.6 Å². The minimum Gasteiger partial charge on any atom is -0.358 e. The molecule has 5 heterocycles. The van der Waals surface area contributed by atoms with Gasteiger partial charge in [0.05, 0.1) is 64.0 Å². The third-order valence-electron chi connectivity index (χ3n) is 12.7. The highest BCUT2D eigenvalue weighted by Gasteiger charge is 2.72. The Morgan fingerprint density at radius 1 is 0.784 bits per heavy atom. The smallest absolute Gasteiger partial charge is 0.190 e. The number of allylic oxidation sites excluding steroid dienone is 4. The average molecular weight is 679 g/mol. The molecule has 0 spiro atoms. The van der Waals surface area contributed by atoms with Crippen molar-refractivity contribution in [3.63, 3.8) is 0 Å². The van der Waals surface area contributed by atoms with Gasteiger partial charge in [0.25, 0.3) is 0 Å². The highest BCUT2D eigenvalue weighted by Crippen LogP contribution is 2.67. The summed E-state index contributed by atoms with van der Waals surface area (Å²) in [5, 5.41) is 43.1. The lowest BCUT2D eigenvalue weighted by molar-refractivity contribution is -0.119. The van der Waals surface area contributed by atoms with E-state index in [1.54, 1.807) is 0 Å². The monoisotopic (exact) mass is 678 g/mol. The zero-order chi connectivity index (χ0) is 36.9. The number of rotatable bonds is 7. The molecule has 51 heavy (non-hydrogen) atoms. The van der Waals surface area contributed by atoms with Gasteiger partial charge in [-0.25, -0.2) is 0 Å². The number of nitriles is 4. The minimum absolute atomic E-state index is 0.0561. The predicted molar refractivity (Wildman–Crippen MR) is 198 cm³/mol. The molecule has 9 nitrogen and oxygen atoms in total. The summed E-state index contributed by atoms with van der Waals surface area (Å²) in [5.74, 6) is 0.0707. The lowest BCUT2D eigenvalue weighted by Gasteiger charge is -2.48. The number of hydrogen-bond donors (Lipinski definition) is 1. The molecular formula is C42H46N8O. The SMILES string of the molecule is CCC1=C(CC)C2C=C3N=C(Cc4[nH]c(c(CC)c4CC)C=C4N=C(CC1=N2)C1=CCC(C#N)(C#N)C(C#N)(C#N)C41CC)C(=O)C3(CC)CC.